The van der Waals surface area contributed by atoms with Gasteiger partial charge in [0, 0.05) is 12.8 Å². The Bertz CT molecular complexity index is 1670. The molecular formula is C69H123N2O7P. The Hall–Kier alpha value is -3.07. The van der Waals surface area contributed by atoms with Gasteiger partial charge in [-0.1, -0.05) is 260 Å². The molecule has 0 rings (SSSR count). The molecule has 0 radical (unpaired) electrons. The predicted molar refractivity (Wildman–Crippen MR) is 339 cm³/mol. The van der Waals surface area contributed by atoms with Gasteiger partial charge in [0.1, 0.15) is 19.3 Å². The first kappa shape index (κ1) is 75.9. The van der Waals surface area contributed by atoms with Crippen molar-refractivity contribution in [1.82, 2.24) is 5.32 Å². The molecule has 1 amide bonds. The maximum absolute atomic E-state index is 13.6. The first-order valence-corrected chi connectivity index (χ1v) is 34.0. The van der Waals surface area contributed by atoms with Crippen LogP contribution in [0.25, 0.3) is 0 Å². The first-order valence-electron chi connectivity index (χ1n) is 32.5. The average Bonchev–Trinajstić information content (AvgIpc) is 3.41. The van der Waals surface area contributed by atoms with Crippen molar-refractivity contribution in [3.05, 3.63) is 97.2 Å². The number of allylic oxidation sites excluding steroid dienone is 15. The summed E-state index contributed by atoms with van der Waals surface area (Å²) in [6.45, 7) is 6.62. The molecular weight excluding hydrogens is 1000 g/mol. The maximum Gasteiger partial charge on any atom is 0.306 e. The fourth-order valence-corrected chi connectivity index (χ4v) is 9.78. The molecule has 9 nitrogen and oxygen atoms in total. The highest BCUT2D eigenvalue weighted by atomic mass is 31.2. The van der Waals surface area contributed by atoms with Crippen LogP contribution in [0.4, 0.5) is 0 Å². The number of likely N-dealkylation sites (N-methyl/N-ethyl adjacent to an activating group) is 1. The quantitative estimate of drug-likeness (QED) is 0.0212. The molecule has 0 aliphatic carbocycles. The second kappa shape index (κ2) is 58.1. The zero-order valence-electron chi connectivity index (χ0n) is 52.1. The third kappa shape index (κ3) is 59.4. The number of nitrogens with zero attached hydrogens (tertiary/aromatic N) is 1. The number of ether oxygens (including phenoxy) is 1. The lowest BCUT2D eigenvalue weighted by molar-refractivity contribution is -0.870. The third-order valence-electron chi connectivity index (χ3n) is 14.0. The van der Waals surface area contributed by atoms with E-state index in [2.05, 4.69) is 111 Å². The minimum atomic E-state index is -4.71. The molecule has 10 heteroatoms. The van der Waals surface area contributed by atoms with Gasteiger partial charge in [0.05, 0.1) is 33.8 Å². The fourth-order valence-electron chi connectivity index (χ4n) is 9.06. The number of unbranched alkanes of at least 4 members (excludes halogenated alkanes) is 28. The number of hydrogen-bond donors (Lipinski definition) is 1. The fraction of sp³-hybridized carbons (Fsp3) is 0.739. The predicted octanol–water partition coefficient (Wildman–Crippen LogP) is 19.7. The molecule has 3 atom stereocenters. The van der Waals surface area contributed by atoms with E-state index >= 15 is 0 Å². The number of carbonyl (C=O) groups excluding carboxylic acids is 2. The van der Waals surface area contributed by atoms with E-state index in [1.165, 1.54) is 116 Å². The number of rotatable bonds is 58. The van der Waals surface area contributed by atoms with Crippen molar-refractivity contribution < 1.29 is 37.3 Å². The highest BCUT2D eigenvalue weighted by Gasteiger charge is 2.27. The topological polar surface area (TPSA) is 114 Å². The minimum Gasteiger partial charge on any atom is -0.756 e. The van der Waals surface area contributed by atoms with Crippen LogP contribution in [0.3, 0.4) is 0 Å². The molecule has 0 aromatic carbocycles. The van der Waals surface area contributed by atoms with Gasteiger partial charge in [-0.2, -0.15) is 0 Å². The highest BCUT2D eigenvalue weighted by molar-refractivity contribution is 7.45. The number of nitrogens with one attached hydrogen (secondary N) is 1. The van der Waals surface area contributed by atoms with Gasteiger partial charge in [0.25, 0.3) is 7.82 Å². The van der Waals surface area contributed by atoms with Gasteiger partial charge in [-0.05, 0) is 102 Å². The second-order valence-electron chi connectivity index (χ2n) is 22.9. The smallest absolute Gasteiger partial charge is 0.306 e. The van der Waals surface area contributed by atoms with Gasteiger partial charge in [0.2, 0.25) is 5.91 Å². The average molecular weight is 1120 g/mol. The number of esters is 1. The lowest BCUT2D eigenvalue weighted by Gasteiger charge is -2.30. The van der Waals surface area contributed by atoms with Crippen molar-refractivity contribution in [2.45, 2.75) is 290 Å². The van der Waals surface area contributed by atoms with Crippen molar-refractivity contribution in [3.8, 4) is 0 Å². The van der Waals surface area contributed by atoms with Crippen molar-refractivity contribution in [2.24, 2.45) is 0 Å². The van der Waals surface area contributed by atoms with Crippen LogP contribution in [-0.2, 0) is 27.9 Å². The molecule has 0 spiro atoms. The monoisotopic (exact) mass is 1120 g/mol. The van der Waals surface area contributed by atoms with Crippen LogP contribution in [0.2, 0.25) is 0 Å². The molecule has 0 saturated heterocycles. The molecule has 456 valence electrons. The minimum absolute atomic E-state index is 0.0278. The summed E-state index contributed by atoms with van der Waals surface area (Å²) in [6, 6.07) is -0.898. The van der Waals surface area contributed by atoms with Gasteiger partial charge in [0.15, 0.2) is 0 Å². The van der Waals surface area contributed by atoms with Crippen molar-refractivity contribution in [1.29, 1.82) is 0 Å². The number of phosphoric acid groups is 1. The first-order chi connectivity index (χ1) is 38.4. The SMILES string of the molecule is CC/C=C\C/C=C\C/C=C\C/C=C\C/C=C\CCCCCCCCCCCCCC(=O)NC(COP(=O)([O-])OCC[N+](C)(C)C)C(/C=C\CCCCCCCCCCCC)OC(=O)CCCCCCCCC/C=C/C/C=C/CC. The summed E-state index contributed by atoms with van der Waals surface area (Å²) in [5.74, 6) is -0.555. The Balaban J connectivity index is 5.08. The summed E-state index contributed by atoms with van der Waals surface area (Å²) in [7, 11) is 1.17. The van der Waals surface area contributed by atoms with E-state index < -0.39 is 26.6 Å². The molecule has 0 heterocycles. The maximum atomic E-state index is 13.6. The van der Waals surface area contributed by atoms with Gasteiger partial charge in [-0.15, -0.1) is 0 Å². The van der Waals surface area contributed by atoms with Crippen LogP contribution in [0.1, 0.15) is 278 Å². The van der Waals surface area contributed by atoms with Gasteiger partial charge in [-0.25, -0.2) is 0 Å². The summed E-state index contributed by atoms with van der Waals surface area (Å²) in [4.78, 5) is 40.0. The molecule has 3 unspecified atom stereocenters. The van der Waals surface area contributed by atoms with E-state index in [1.807, 2.05) is 33.3 Å². The van der Waals surface area contributed by atoms with E-state index in [0.717, 1.165) is 128 Å². The lowest BCUT2D eigenvalue weighted by atomic mass is 10.0. The van der Waals surface area contributed by atoms with Crippen LogP contribution < -0.4 is 10.2 Å². The van der Waals surface area contributed by atoms with Crippen LogP contribution >= 0.6 is 7.82 Å². The van der Waals surface area contributed by atoms with E-state index in [0.29, 0.717) is 17.4 Å². The molecule has 0 aromatic rings. The summed E-state index contributed by atoms with van der Waals surface area (Å²) in [5.41, 5.74) is 0. The largest absolute Gasteiger partial charge is 0.756 e. The second-order valence-corrected chi connectivity index (χ2v) is 24.3. The summed E-state index contributed by atoms with van der Waals surface area (Å²) in [5, 5.41) is 3.03. The van der Waals surface area contributed by atoms with Crippen LogP contribution in [0, 0.1) is 0 Å². The van der Waals surface area contributed by atoms with E-state index in [-0.39, 0.29) is 24.9 Å². The zero-order chi connectivity index (χ0) is 57.9. The number of quaternary nitrogens is 1. The molecule has 1 N–H and O–H groups in total. The van der Waals surface area contributed by atoms with Crippen LogP contribution in [-0.4, -0.2) is 69.4 Å². The van der Waals surface area contributed by atoms with Gasteiger partial charge >= 0.3 is 5.97 Å². The Morgan fingerprint density at radius 2 is 0.810 bits per heavy atom. The number of carbonyl (C=O) groups is 2. The standard InChI is InChI=1S/C69H123N2O7P/c1-7-10-13-16-19-22-25-28-30-31-32-33-34-35-36-37-38-39-40-41-42-43-46-49-52-55-58-61-68(72)70-66(65-77-79(74,75)76-64-63-71(4,5)6)67(60-57-54-51-48-45-27-24-21-18-15-12-9-3)78-69(73)62-59-56-53-50-47-44-29-26-23-20-17-14-11-8-2/h10-11,13-14,19-20,22-23,28,30,32-33,35-36,57,60,66-67H,7-9,12,15-18,21,24-27,29,31,34,37-56,58-59,61-65H2,1-6H3,(H-,70,72,74,75)/b13-10-,14-11+,22-19-,23-20+,30-28-,33-32-,36-35-,60-57-. The summed E-state index contributed by atoms with van der Waals surface area (Å²) < 4.78 is 30.3. The van der Waals surface area contributed by atoms with Gasteiger partial charge in [-0.3, -0.25) is 14.2 Å². The van der Waals surface area contributed by atoms with Gasteiger partial charge < -0.3 is 28.5 Å². The van der Waals surface area contributed by atoms with Crippen molar-refractivity contribution in [2.75, 3.05) is 40.9 Å². The van der Waals surface area contributed by atoms with Crippen LogP contribution in [0.5, 0.6) is 0 Å². The lowest BCUT2D eigenvalue weighted by Crippen LogP contribution is -2.47. The van der Waals surface area contributed by atoms with E-state index in [9.17, 15) is 19.0 Å². The Morgan fingerprint density at radius 3 is 1.22 bits per heavy atom. The highest BCUT2D eigenvalue weighted by Crippen LogP contribution is 2.38. The number of phosphoric ester groups is 1. The normalized spacial score (nSPS) is 14.3. The molecule has 0 aliphatic heterocycles. The molecule has 0 bridgehead atoms. The Kier molecular flexibility index (Phi) is 55.9. The molecule has 0 aliphatic rings. The number of hydrogen-bond acceptors (Lipinski definition) is 7. The van der Waals surface area contributed by atoms with Crippen molar-refractivity contribution in [3.63, 3.8) is 0 Å². The molecule has 79 heavy (non-hydrogen) atoms. The number of amides is 1. The summed E-state index contributed by atoms with van der Waals surface area (Å²) >= 11 is 0. The van der Waals surface area contributed by atoms with Crippen LogP contribution in [0.15, 0.2) is 97.2 Å². The van der Waals surface area contributed by atoms with E-state index in [4.69, 9.17) is 13.8 Å². The molecule has 0 aromatic heterocycles. The van der Waals surface area contributed by atoms with Crippen molar-refractivity contribution >= 4 is 19.7 Å². The molecule has 0 fully saturated rings. The summed E-state index contributed by atoms with van der Waals surface area (Å²) in [6.07, 6.45) is 78.1. The Labute approximate surface area is 488 Å². The third-order valence-corrected chi connectivity index (χ3v) is 15.0. The Morgan fingerprint density at radius 1 is 0.456 bits per heavy atom. The van der Waals surface area contributed by atoms with E-state index in [1.54, 1.807) is 0 Å². The molecule has 0 saturated carbocycles. The zero-order valence-corrected chi connectivity index (χ0v) is 52.9.